The molecule has 6 heteroatoms. The lowest BCUT2D eigenvalue weighted by Gasteiger charge is -2.06. The number of aromatic carboxylic acids is 1. The van der Waals surface area contributed by atoms with Crippen LogP contribution < -0.4 is 10.5 Å². The number of carbonyl (C=O) groups is 1. The molecule has 20 heavy (non-hydrogen) atoms. The van der Waals surface area contributed by atoms with Gasteiger partial charge in [-0.25, -0.2) is 8.78 Å². The van der Waals surface area contributed by atoms with Gasteiger partial charge in [0, 0.05) is 17.2 Å². The van der Waals surface area contributed by atoms with E-state index in [0.29, 0.717) is 11.6 Å². The number of rotatable bonds is 4. The number of carboxylic acid groups (broad SMARTS) is 1. The number of carboxylic acids is 1. The number of nitrogens with zero attached hydrogens (tertiary/aromatic N) is 1. The molecule has 2 aromatic carbocycles. The maximum Gasteiger partial charge on any atom is 0.151 e. The summed E-state index contributed by atoms with van der Waals surface area (Å²) >= 11 is 0. The van der Waals surface area contributed by atoms with Crippen LogP contribution in [0.15, 0.2) is 47.6 Å². The highest BCUT2D eigenvalue weighted by atomic mass is 19.1. The third-order valence-corrected chi connectivity index (χ3v) is 2.50. The van der Waals surface area contributed by atoms with E-state index in [1.165, 1.54) is 24.4 Å². The van der Waals surface area contributed by atoms with Crippen molar-refractivity contribution in [1.29, 1.82) is 0 Å². The summed E-state index contributed by atoms with van der Waals surface area (Å²) < 4.78 is 26.0. The van der Waals surface area contributed by atoms with Gasteiger partial charge in [0.1, 0.15) is 5.82 Å². The minimum absolute atomic E-state index is 0.0198. The van der Waals surface area contributed by atoms with Gasteiger partial charge in [-0.1, -0.05) is 24.3 Å². The average Bonchev–Trinajstić information content (AvgIpc) is 2.41. The number of hydrogen-bond acceptors (Lipinski definition) is 4. The molecular formula is C14H9F2N2O2-. The molecule has 4 nitrogen and oxygen atoms in total. The number of hydrogen-bond donors (Lipinski definition) is 1. The van der Waals surface area contributed by atoms with Crippen molar-refractivity contribution >= 4 is 17.9 Å². The molecule has 0 radical (unpaired) electrons. The van der Waals surface area contributed by atoms with Crippen LogP contribution in [0.2, 0.25) is 0 Å². The maximum absolute atomic E-state index is 13.3. The van der Waals surface area contributed by atoms with Crippen molar-refractivity contribution in [1.82, 2.24) is 0 Å². The SMILES string of the molecule is O=C([O-])c1ccccc1/C=N\Nc1ccc(F)cc1F. The van der Waals surface area contributed by atoms with Gasteiger partial charge in [-0.2, -0.15) is 5.10 Å². The first-order valence-electron chi connectivity index (χ1n) is 5.62. The van der Waals surface area contributed by atoms with Gasteiger partial charge in [0.2, 0.25) is 0 Å². The van der Waals surface area contributed by atoms with Gasteiger partial charge < -0.3 is 9.90 Å². The molecule has 2 aromatic rings. The summed E-state index contributed by atoms with van der Waals surface area (Å²) in [6.45, 7) is 0. The van der Waals surface area contributed by atoms with Crippen LogP contribution in [-0.4, -0.2) is 12.2 Å². The Morgan fingerprint density at radius 1 is 1.20 bits per heavy atom. The predicted octanol–water partition coefficient (Wildman–Crippen LogP) is 1.77. The Morgan fingerprint density at radius 2 is 1.95 bits per heavy atom. The van der Waals surface area contributed by atoms with Crippen LogP contribution in [0.5, 0.6) is 0 Å². The monoisotopic (exact) mass is 275 g/mol. The highest BCUT2D eigenvalue weighted by Crippen LogP contribution is 2.14. The third-order valence-electron chi connectivity index (χ3n) is 2.50. The first kappa shape index (κ1) is 13.7. The van der Waals surface area contributed by atoms with Gasteiger partial charge in [-0.15, -0.1) is 0 Å². The summed E-state index contributed by atoms with van der Waals surface area (Å²) in [5.41, 5.74) is 2.63. The Hall–Kier alpha value is -2.76. The number of hydrazone groups is 1. The summed E-state index contributed by atoms with van der Waals surface area (Å²) in [7, 11) is 0. The van der Waals surface area contributed by atoms with Crippen molar-refractivity contribution < 1.29 is 18.7 Å². The summed E-state index contributed by atoms with van der Waals surface area (Å²) in [6, 6.07) is 9.06. The van der Waals surface area contributed by atoms with Crippen LogP contribution in [0.1, 0.15) is 15.9 Å². The Morgan fingerprint density at radius 3 is 2.65 bits per heavy atom. The van der Waals surface area contributed by atoms with Crippen LogP contribution >= 0.6 is 0 Å². The molecule has 0 bridgehead atoms. The normalized spacial score (nSPS) is 10.7. The van der Waals surface area contributed by atoms with Gasteiger partial charge in [-0.3, -0.25) is 5.43 Å². The van der Waals surface area contributed by atoms with Crippen molar-refractivity contribution in [2.24, 2.45) is 5.10 Å². The number of benzene rings is 2. The fourth-order valence-electron chi connectivity index (χ4n) is 1.55. The van der Waals surface area contributed by atoms with Gasteiger partial charge in [0.05, 0.1) is 17.9 Å². The van der Waals surface area contributed by atoms with Gasteiger partial charge >= 0.3 is 0 Å². The molecule has 0 aliphatic rings. The quantitative estimate of drug-likeness (QED) is 0.683. The standard InChI is InChI=1S/C14H10F2N2O2/c15-10-5-6-13(12(16)7-10)18-17-8-9-3-1-2-4-11(9)14(19)20/h1-8,18H,(H,19,20)/p-1/b17-8-. The molecule has 0 atom stereocenters. The molecule has 0 amide bonds. The Kier molecular flexibility index (Phi) is 4.05. The average molecular weight is 275 g/mol. The summed E-state index contributed by atoms with van der Waals surface area (Å²) in [4.78, 5) is 10.9. The molecule has 102 valence electrons. The molecule has 0 aliphatic carbocycles. The molecule has 0 fully saturated rings. The van der Waals surface area contributed by atoms with Crippen molar-refractivity contribution in [2.75, 3.05) is 5.43 Å². The molecule has 0 aliphatic heterocycles. The van der Waals surface area contributed by atoms with Crippen LogP contribution in [-0.2, 0) is 0 Å². The first-order valence-corrected chi connectivity index (χ1v) is 5.62. The maximum atomic E-state index is 13.3. The minimum Gasteiger partial charge on any atom is -0.545 e. The molecular weight excluding hydrogens is 266 g/mol. The smallest absolute Gasteiger partial charge is 0.151 e. The zero-order valence-corrected chi connectivity index (χ0v) is 10.1. The zero-order valence-electron chi connectivity index (χ0n) is 10.1. The second-order valence-electron chi connectivity index (χ2n) is 3.87. The summed E-state index contributed by atoms with van der Waals surface area (Å²) in [5.74, 6) is -2.82. The molecule has 0 unspecified atom stereocenters. The van der Waals surface area contributed by atoms with E-state index in [1.54, 1.807) is 12.1 Å². The van der Waals surface area contributed by atoms with E-state index in [2.05, 4.69) is 10.5 Å². The largest absolute Gasteiger partial charge is 0.545 e. The van der Waals surface area contributed by atoms with Crippen LogP contribution in [0, 0.1) is 11.6 Å². The van der Waals surface area contributed by atoms with Gasteiger partial charge in [-0.05, 0) is 12.1 Å². The van der Waals surface area contributed by atoms with E-state index >= 15 is 0 Å². The fraction of sp³-hybridized carbons (Fsp3) is 0. The fourth-order valence-corrected chi connectivity index (χ4v) is 1.55. The summed E-state index contributed by atoms with van der Waals surface area (Å²) in [5, 5.41) is 14.6. The molecule has 1 N–H and O–H groups in total. The van der Waals surface area contributed by atoms with Crippen LogP contribution in [0.3, 0.4) is 0 Å². The van der Waals surface area contributed by atoms with E-state index in [1.807, 2.05) is 0 Å². The van der Waals surface area contributed by atoms with E-state index in [-0.39, 0.29) is 11.3 Å². The Labute approximate surface area is 113 Å². The van der Waals surface area contributed by atoms with Crippen LogP contribution in [0.4, 0.5) is 14.5 Å². The van der Waals surface area contributed by atoms with Crippen molar-refractivity contribution in [3.05, 3.63) is 65.2 Å². The van der Waals surface area contributed by atoms with E-state index in [9.17, 15) is 18.7 Å². The van der Waals surface area contributed by atoms with E-state index in [0.717, 1.165) is 6.07 Å². The minimum atomic E-state index is -1.33. The van der Waals surface area contributed by atoms with E-state index < -0.39 is 17.6 Å². The Balaban J connectivity index is 2.16. The number of halogens is 2. The lowest BCUT2D eigenvalue weighted by atomic mass is 10.1. The Bertz CT molecular complexity index is 672. The molecule has 0 spiro atoms. The number of carbonyl (C=O) groups excluding carboxylic acids is 1. The highest BCUT2D eigenvalue weighted by molar-refractivity contribution is 5.97. The second-order valence-corrected chi connectivity index (χ2v) is 3.87. The molecule has 0 saturated carbocycles. The first-order chi connectivity index (χ1) is 9.58. The molecule has 0 saturated heterocycles. The third kappa shape index (κ3) is 3.17. The number of nitrogens with one attached hydrogen (secondary N) is 1. The van der Waals surface area contributed by atoms with Crippen molar-refractivity contribution in [2.45, 2.75) is 0 Å². The lowest BCUT2D eigenvalue weighted by molar-refractivity contribution is -0.255. The molecule has 0 heterocycles. The summed E-state index contributed by atoms with van der Waals surface area (Å²) in [6.07, 6.45) is 1.22. The number of anilines is 1. The highest BCUT2D eigenvalue weighted by Gasteiger charge is 2.02. The lowest BCUT2D eigenvalue weighted by Crippen LogP contribution is -2.23. The van der Waals surface area contributed by atoms with Crippen molar-refractivity contribution in [3.63, 3.8) is 0 Å². The van der Waals surface area contributed by atoms with Gasteiger partial charge in [0.15, 0.2) is 5.82 Å². The second kappa shape index (κ2) is 5.92. The van der Waals surface area contributed by atoms with E-state index in [4.69, 9.17) is 0 Å². The topological polar surface area (TPSA) is 64.5 Å². The molecule has 0 aromatic heterocycles. The zero-order chi connectivity index (χ0) is 14.5. The van der Waals surface area contributed by atoms with Gasteiger partial charge in [0.25, 0.3) is 0 Å². The van der Waals surface area contributed by atoms with Crippen LogP contribution in [0.25, 0.3) is 0 Å². The predicted molar refractivity (Wildman–Crippen MR) is 68.3 cm³/mol. The van der Waals surface area contributed by atoms with Crippen molar-refractivity contribution in [3.8, 4) is 0 Å². The molecule has 2 rings (SSSR count).